The van der Waals surface area contributed by atoms with Gasteiger partial charge in [0.05, 0.1) is 18.2 Å². The normalized spacial score (nSPS) is 22.5. The summed E-state index contributed by atoms with van der Waals surface area (Å²) in [6, 6.07) is 9.76. The Morgan fingerprint density at radius 2 is 2.00 bits per heavy atom. The largest absolute Gasteiger partial charge is 0.375 e. The summed E-state index contributed by atoms with van der Waals surface area (Å²) in [4.78, 5) is 38.3. The van der Waals surface area contributed by atoms with Crippen LogP contribution in [-0.2, 0) is 24.2 Å². The first-order valence-electron chi connectivity index (χ1n) is 11.5. The summed E-state index contributed by atoms with van der Waals surface area (Å²) >= 11 is 1.58. The number of urea groups is 1. The highest BCUT2D eigenvalue weighted by Crippen LogP contribution is 2.39. The zero-order chi connectivity index (χ0) is 23.5. The number of carbonyl (C=O) groups excluding carboxylic acids is 2. The molecule has 9 heteroatoms. The van der Waals surface area contributed by atoms with Crippen LogP contribution in [0.15, 0.2) is 30.3 Å². The number of rotatable bonds is 6. The van der Waals surface area contributed by atoms with Crippen LogP contribution in [0.4, 0.5) is 9.93 Å². The van der Waals surface area contributed by atoms with E-state index < -0.39 is 0 Å². The van der Waals surface area contributed by atoms with Gasteiger partial charge in [-0.2, -0.15) is 0 Å². The number of nitrogens with zero attached hydrogens (tertiary/aromatic N) is 4. The van der Waals surface area contributed by atoms with Crippen molar-refractivity contribution in [2.45, 2.75) is 31.8 Å². The SMILES string of the molecule is CN(C)CCNC(=O)N(Cc1ccccc1)C(=O)[C@@H]1C[C@@H]2Cc3nc(N)sc3C[C@H]2N(C)C1. The maximum Gasteiger partial charge on any atom is 0.324 e. The molecule has 0 bridgehead atoms. The average Bonchev–Trinajstić information content (AvgIpc) is 3.15. The van der Waals surface area contributed by atoms with Crippen molar-refractivity contribution < 1.29 is 9.59 Å². The molecule has 0 unspecified atom stereocenters. The molecular formula is C24H34N6O2S. The number of fused-ring (bicyclic) bond motifs is 2. The lowest BCUT2D eigenvalue weighted by Crippen LogP contribution is -2.55. The second kappa shape index (κ2) is 10.2. The number of hydrogen-bond donors (Lipinski definition) is 2. The molecule has 2 aromatic rings. The summed E-state index contributed by atoms with van der Waals surface area (Å²) in [5.74, 6) is 0.00858. The van der Waals surface area contributed by atoms with Crippen molar-refractivity contribution in [2.24, 2.45) is 11.8 Å². The number of nitrogens with one attached hydrogen (secondary N) is 1. The fraction of sp³-hybridized carbons (Fsp3) is 0.542. The van der Waals surface area contributed by atoms with Gasteiger partial charge in [-0.15, -0.1) is 11.3 Å². The van der Waals surface area contributed by atoms with E-state index in [4.69, 9.17) is 5.73 Å². The molecule has 1 aliphatic carbocycles. The Balaban J connectivity index is 1.49. The first-order valence-corrected chi connectivity index (χ1v) is 12.4. The quantitative estimate of drug-likeness (QED) is 0.671. The first-order chi connectivity index (χ1) is 15.8. The van der Waals surface area contributed by atoms with Crippen molar-refractivity contribution in [1.29, 1.82) is 0 Å². The molecule has 0 spiro atoms. The Morgan fingerprint density at radius 1 is 1.24 bits per heavy atom. The summed E-state index contributed by atoms with van der Waals surface area (Å²) in [5, 5.41) is 3.55. The summed E-state index contributed by atoms with van der Waals surface area (Å²) in [5.41, 5.74) is 7.97. The monoisotopic (exact) mass is 470 g/mol. The summed E-state index contributed by atoms with van der Waals surface area (Å²) in [6.07, 6.45) is 2.54. The van der Waals surface area contributed by atoms with Crippen LogP contribution in [-0.4, -0.2) is 78.4 Å². The molecule has 3 N–H and O–H groups in total. The molecular weight excluding hydrogens is 436 g/mol. The number of hydrogen-bond acceptors (Lipinski definition) is 7. The molecule has 0 radical (unpaired) electrons. The van der Waals surface area contributed by atoms with Crippen LogP contribution in [0.25, 0.3) is 0 Å². The Bertz CT molecular complexity index is 979. The molecule has 8 nitrogen and oxygen atoms in total. The van der Waals surface area contributed by atoms with E-state index in [1.54, 1.807) is 11.3 Å². The smallest absolute Gasteiger partial charge is 0.324 e. The number of likely N-dealkylation sites (N-methyl/N-ethyl adjacent to an activating group) is 2. The minimum Gasteiger partial charge on any atom is -0.375 e. The Hall–Kier alpha value is -2.49. The highest BCUT2D eigenvalue weighted by atomic mass is 32.1. The lowest BCUT2D eigenvalue weighted by molar-refractivity contribution is -0.136. The van der Waals surface area contributed by atoms with E-state index in [1.165, 1.54) is 9.78 Å². The van der Waals surface area contributed by atoms with Crippen molar-refractivity contribution in [3.05, 3.63) is 46.5 Å². The van der Waals surface area contributed by atoms with Gasteiger partial charge < -0.3 is 20.9 Å². The van der Waals surface area contributed by atoms with Crippen molar-refractivity contribution in [1.82, 2.24) is 25.0 Å². The third-order valence-corrected chi connectivity index (χ3v) is 7.68. The van der Waals surface area contributed by atoms with Crippen LogP contribution >= 0.6 is 11.3 Å². The molecule has 2 aliphatic rings. The fourth-order valence-electron chi connectivity index (χ4n) is 5.04. The van der Waals surface area contributed by atoms with Gasteiger partial charge in [0, 0.05) is 30.6 Å². The lowest BCUT2D eigenvalue weighted by atomic mass is 9.75. The van der Waals surface area contributed by atoms with E-state index >= 15 is 0 Å². The summed E-state index contributed by atoms with van der Waals surface area (Å²) < 4.78 is 0. The second-order valence-electron chi connectivity index (χ2n) is 9.48. The topological polar surface area (TPSA) is 94.8 Å². The molecule has 33 heavy (non-hydrogen) atoms. The van der Waals surface area contributed by atoms with Crippen LogP contribution in [0.1, 0.15) is 22.6 Å². The van der Waals surface area contributed by atoms with Crippen molar-refractivity contribution >= 4 is 28.4 Å². The van der Waals surface area contributed by atoms with E-state index in [9.17, 15) is 9.59 Å². The highest BCUT2D eigenvalue weighted by molar-refractivity contribution is 7.15. The van der Waals surface area contributed by atoms with Crippen molar-refractivity contribution in [3.63, 3.8) is 0 Å². The van der Waals surface area contributed by atoms with Crippen LogP contribution in [0, 0.1) is 11.8 Å². The van der Waals surface area contributed by atoms with E-state index in [0.29, 0.717) is 36.7 Å². The van der Waals surface area contributed by atoms with Gasteiger partial charge in [0.2, 0.25) is 5.91 Å². The van der Waals surface area contributed by atoms with Gasteiger partial charge in [-0.25, -0.2) is 9.78 Å². The molecule has 178 valence electrons. The standard InChI is InChI=1S/C24H34N6O2S/c1-28(2)10-9-26-24(32)30(14-16-7-5-4-6-8-16)22(31)18-11-17-12-19-21(33-23(25)27-19)13-20(17)29(3)15-18/h4-8,17-18,20H,9-15H2,1-3H3,(H2,25,27)(H,26,32)/t17-,18-,20-/m1/s1. The second-order valence-corrected chi connectivity index (χ2v) is 10.6. The number of carbonyl (C=O) groups is 2. The van der Waals surface area contributed by atoms with Gasteiger partial charge >= 0.3 is 6.03 Å². The Labute approximate surface area is 199 Å². The number of imide groups is 1. The molecule has 1 fully saturated rings. The number of aromatic nitrogens is 1. The number of piperidine rings is 1. The minimum absolute atomic E-state index is 0.102. The molecule has 1 saturated heterocycles. The van der Waals surface area contributed by atoms with E-state index in [1.807, 2.05) is 49.3 Å². The summed E-state index contributed by atoms with van der Waals surface area (Å²) in [6.45, 7) is 2.14. The predicted octanol–water partition coefficient (Wildman–Crippen LogP) is 2.06. The Kier molecular flexibility index (Phi) is 7.31. The van der Waals surface area contributed by atoms with E-state index in [0.717, 1.165) is 30.5 Å². The van der Waals surface area contributed by atoms with Crippen molar-refractivity contribution in [3.8, 4) is 0 Å². The van der Waals surface area contributed by atoms with E-state index in [2.05, 4.69) is 22.2 Å². The van der Waals surface area contributed by atoms with E-state index in [-0.39, 0.29) is 24.4 Å². The number of amides is 3. The van der Waals surface area contributed by atoms with Crippen LogP contribution in [0.5, 0.6) is 0 Å². The third-order valence-electron chi connectivity index (χ3n) is 6.73. The van der Waals surface area contributed by atoms with Crippen LogP contribution < -0.4 is 11.1 Å². The Morgan fingerprint density at radius 3 is 2.73 bits per heavy atom. The minimum atomic E-state index is -0.325. The maximum absolute atomic E-state index is 13.7. The van der Waals surface area contributed by atoms with Crippen molar-refractivity contribution in [2.75, 3.05) is 46.5 Å². The van der Waals surface area contributed by atoms with Gasteiger partial charge in [0.1, 0.15) is 0 Å². The van der Waals surface area contributed by atoms with Gasteiger partial charge in [0.15, 0.2) is 5.13 Å². The highest BCUT2D eigenvalue weighted by Gasteiger charge is 2.42. The third kappa shape index (κ3) is 5.54. The average molecular weight is 471 g/mol. The van der Waals surface area contributed by atoms with Gasteiger partial charge in [-0.05, 0) is 51.9 Å². The van der Waals surface area contributed by atoms with Crippen LogP contribution in [0.2, 0.25) is 0 Å². The summed E-state index contributed by atoms with van der Waals surface area (Å²) in [7, 11) is 6.00. The molecule has 2 heterocycles. The van der Waals surface area contributed by atoms with Gasteiger partial charge in [0.25, 0.3) is 0 Å². The molecule has 1 aliphatic heterocycles. The molecule has 4 rings (SSSR count). The number of benzene rings is 1. The molecule has 1 aromatic carbocycles. The fourth-order valence-corrected chi connectivity index (χ4v) is 5.95. The molecule has 1 aromatic heterocycles. The van der Waals surface area contributed by atoms with Gasteiger partial charge in [-0.3, -0.25) is 9.69 Å². The maximum atomic E-state index is 13.7. The number of thiazole rings is 1. The van der Waals surface area contributed by atoms with Gasteiger partial charge in [-0.1, -0.05) is 30.3 Å². The number of likely N-dealkylation sites (tertiary alicyclic amines) is 1. The zero-order valence-electron chi connectivity index (χ0n) is 19.7. The molecule has 3 atom stereocenters. The molecule has 0 saturated carbocycles. The zero-order valence-corrected chi connectivity index (χ0v) is 20.5. The first kappa shape index (κ1) is 23.7. The lowest BCUT2D eigenvalue weighted by Gasteiger charge is -2.45. The van der Waals surface area contributed by atoms with Crippen LogP contribution in [0.3, 0.4) is 0 Å². The molecule has 3 amide bonds. The number of nitrogens with two attached hydrogens (primary N) is 1. The number of anilines is 1. The number of nitrogen functional groups attached to an aromatic ring is 1. The predicted molar refractivity (Wildman–Crippen MR) is 131 cm³/mol.